The second-order valence-corrected chi connectivity index (χ2v) is 6.90. The number of anilines is 1. The average molecular weight is 444 g/mol. The van der Waals surface area contributed by atoms with Crippen LogP contribution in [0.15, 0.2) is 66.7 Å². The van der Waals surface area contributed by atoms with Crippen molar-refractivity contribution in [3.8, 4) is 0 Å². The van der Waals surface area contributed by atoms with Crippen molar-refractivity contribution in [2.75, 3.05) is 11.9 Å². The van der Waals surface area contributed by atoms with Gasteiger partial charge in [-0.2, -0.15) is 0 Å². The van der Waals surface area contributed by atoms with Crippen LogP contribution in [0.3, 0.4) is 0 Å². The first-order chi connectivity index (χ1) is 12.1. The van der Waals surface area contributed by atoms with Crippen LogP contribution in [-0.4, -0.2) is 18.4 Å². The molecule has 2 amide bonds. The Balaban J connectivity index is 1.56. The van der Waals surface area contributed by atoms with E-state index in [1.54, 1.807) is 0 Å². The second kappa shape index (κ2) is 8.11. The smallest absolute Gasteiger partial charge is 0.243 e. The first-order valence-electron chi connectivity index (χ1n) is 7.90. The lowest BCUT2D eigenvalue weighted by molar-refractivity contribution is -0.123. The molecule has 0 bridgehead atoms. The first-order valence-corrected chi connectivity index (χ1v) is 8.98. The standard InChI is InChI=1S/C20H17IN2O2/c21-16-8-4-9-17(12-16)23-20(25)13-22-19(24)11-15-7-3-6-14-5-1-2-10-18(14)15/h1-10,12H,11,13H2,(H,22,24)(H,23,25). The summed E-state index contributed by atoms with van der Waals surface area (Å²) in [7, 11) is 0. The molecule has 5 heteroatoms. The number of carbonyl (C=O) groups excluding carboxylic acids is 2. The highest BCUT2D eigenvalue weighted by molar-refractivity contribution is 14.1. The summed E-state index contributed by atoms with van der Waals surface area (Å²) in [4.78, 5) is 24.1. The molecule has 0 fully saturated rings. The first kappa shape index (κ1) is 17.4. The van der Waals surface area contributed by atoms with Crippen molar-refractivity contribution >= 4 is 50.9 Å². The van der Waals surface area contributed by atoms with Crippen LogP contribution in [-0.2, 0) is 16.0 Å². The molecule has 2 N–H and O–H groups in total. The van der Waals surface area contributed by atoms with E-state index in [1.165, 1.54) is 0 Å². The minimum atomic E-state index is -0.242. The van der Waals surface area contributed by atoms with Gasteiger partial charge >= 0.3 is 0 Å². The number of hydrogen-bond donors (Lipinski definition) is 2. The van der Waals surface area contributed by atoms with Crippen molar-refractivity contribution in [1.82, 2.24) is 5.32 Å². The third-order valence-electron chi connectivity index (χ3n) is 3.79. The molecule has 0 radical (unpaired) electrons. The molecule has 0 aliphatic rings. The van der Waals surface area contributed by atoms with Crippen LogP contribution in [0.5, 0.6) is 0 Å². The van der Waals surface area contributed by atoms with E-state index in [4.69, 9.17) is 0 Å². The molecule has 0 heterocycles. The van der Waals surface area contributed by atoms with Gasteiger partial charge in [-0.3, -0.25) is 9.59 Å². The summed E-state index contributed by atoms with van der Waals surface area (Å²) < 4.78 is 1.04. The molecule has 126 valence electrons. The molecule has 0 aromatic heterocycles. The minimum Gasteiger partial charge on any atom is -0.347 e. The van der Waals surface area contributed by atoms with E-state index < -0.39 is 0 Å². The molecule has 3 aromatic rings. The predicted molar refractivity (Wildman–Crippen MR) is 108 cm³/mol. The minimum absolute atomic E-state index is 0.0466. The van der Waals surface area contributed by atoms with Crippen LogP contribution in [0, 0.1) is 3.57 Å². The maximum Gasteiger partial charge on any atom is 0.243 e. The van der Waals surface area contributed by atoms with Crippen LogP contribution in [0.25, 0.3) is 10.8 Å². The fraction of sp³-hybridized carbons (Fsp3) is 0.100. The van der Waals surface area contributed by atoms with E-state index in [0.29, 0.717) is 0 Å². The van der Waals surface area contributed by atoms with E-state index in [9.17, 15) is 9.59 Å². The zero-order valence-electron chi connectivity index (χ0n) is 13.5. The fourth-order valence-electron chi connectivity index (χ4n) is 2.63. The van der Waals surface area contributed by atoms with Gasteiger partial charge in [0, 0.05) is 9.26 Å². The van der Waals surface area contributed by atoms with Crippen LogP contribution >= 0.6 is 22.6 Å². The number of carbonyl (C=O) groups is 2. The molecule has 0 unspecified atom stereocenters. The second-order valence-electron chi connectivity index (χ2n) is 5.65. The molecular weight excluding hydrogens is 427 g/mol. The van der Waals surface area contributed by atoms with Gasteiger partial charge in [-0.1, -0.05) is 48.5 Å². The Morgan fingerprint density at radius 3 is 2.48 bits per heavy atom. The fourth-order valence-corrected chi connectivity index (χ4v) is 3.18. The number of nitrogens with one attached hydrogen (secondary N) is 2. The molecule has 3 aromatic carbocycles. The molecule has 0 aliphatic heterocycles. The summed E-state index contributed by atoms with van der Waals surface area (Å²) in [6.45, 7) is -0.0466. The molecule has 0 saturated heterocycles. The van der Waals surface area contributed by atoms with E-state index in [2.05, 4.69) is 33.2 Å². The van der Waals surface area contributed by atoms with E-state index in [-0.39, 0.29) is 24.8 Å². The normalized spacial score (nSPS) is 10.4. The van der Waals surface area contributed by atoms with Gasteiger partial charge in [0.15, 0.2) is 0 Å². The largest absolute Gasteiger partial charge is 0.347 e. The Kier molecular flexibility index (Phi) is 5.65. The highest BCUT2D eigenvalue weighted by Gasteiger charge is 2.09. The van der Waals surface area contributed by atoms with Crippen LogP contribution in [0.1, 0.15) is 5.56 Å². The van der Waals surface area contributed by atoms with Gasteiger partial charge < -0.3 is 10.6 Å². The highest BCUT2D eigenvalue weighted by atomic mass is 127. The molecule has 3 rings (SSSR count). The summed E-state index contributed by atoms with van der Waals surface area (Å²) in [6.07, 6.45) is 0.248. The number of halogens is 1. The van der Waals surface area contributed by atoms with Gasteiger partial charge in [-0.05, 0) is 57.1 Å². The molecule has 0 saturated carbocycles. The topological polar surface area (TPSA) is 58.2 Å². The van der Waals surface area contributed by atoms with Crippen molar-refractivity contribution in [3.05, 3.63) is 75.9 Å². The van der Waals surface area contributed by atoms with Crippen LogP contribution in [0.4, 0.5) is 5.69 Å². The number of hydrogen-bond acceptors (Lipinski definition) is 2. The number of amides is 2. The Hall–Kier alpha value is -2.41. The van der Waals surface area contributed by atoms with Gasteiger partial charge in [-0.15, -0.1) is 0 Å². The van der Waals surface area contributed by atoms with E-state index in [1.807, 2.05) is 66.7 Å². The third kappa shape index (κ3) is 4.79. The predicted octanol–water partition coefficient (Wildman–Crippen LogP) is 3.74. The molecule has 25 heavy (non-hydrogen) atoms. The Morgan fingerprint density at radius 2 is 1.64 bits per heavy atom. The maximum atomic E-state index is 12.2. The summed E-state index contributed by atoms with van der Waals surface area (Å²) >= 11 is 2.18. The number of fused-ring (bicyclic) bond motifs is 1. The Labute approximate surface area is 159 Å². The van der Waals surface area contributed by atoms with Crippen molar-refractivity contribution in [1.29, 1.82) is 0 Å². The summed E-state index contributed by atoms with van der Waals surface area (Å²) in [5.74, 6) is -0.414. The van der Waals surface area contributed by atoms with Gasteiger partial charge in [0.1, 0.15) is 0 Å². The van der Waals surface area contributed by atoms with Crippen molar-refractivity contribution in [3.63, 3.8) is 0 Å². The lowest BCUT2D eigenvalue weighted by atomic mass is 10.0. The van der Waals surface area contributed by atoms with Crippen LogP contribution < -0.4 is 10.6 Å². The summed E-state index contributed by atoms with van der Waals surface area (Å²) in [6, 6.07) is 21.4. The molecule has 4 nitrogen and oxygen atoms in total. The quantitative estimate of drug-likeness (QED) is 0.590. The maximum absolute atomic E-state index is 12.2. The Bertz CT molecular complexity index is 919. The zero-order chi connectivity index (χ0) is 17.6. The SMILES string of the molecule is O=C(Cc1cccc2ccccc12)NCC(=O)Nc1cccc(I)c1. The lowest BCUT2D eigenvalue weighted by Crippen LogP contribution is -2.33. The summed E-state index contributed by atoms with van der Waals surface area (Å²) in [5, 5.41) is 7.61. The van der Waals surface area contributed by atoms with Crippen molar-refractivity contribution in [2.24, 2.45) is 0 Å². The average Bonchev–Trinajstić information content (AvgIpc) is 2.60. The number of rotatable bonds is 5. The molecule has 0 aliphatic carbocycles. The molecule has 0 atom stereocenters. The zero-order valence-corrected chi connectivity index (χ0v) is 15.6. The summed E-state index contributed by atoms with van der Waals surface area (Å²) in [5.41, 5.74) is 1.67. The third-order valence-corrected chi connectivity index (χ3v) is 4.46. The van der Waals surface area contributed by atoms with Gasteiger partial charge in [0.2, 0.25) is 11.8 Å². The van der Waals surface area contributed by atoms with Gasteiger partial charge in [0.05, 0.1) is 13.0 Å². The highest BCUT2D eigenvalue weighted by Crippen LogP contribution is 2.18. The molecular formula is C20H17IN2O2. The molecule has 0 spiro atoms. The van der Waals surface area contributed by atoms with Crippen LogP contribution in [0.2, 0.25) is 0 Å². The number of benzene rings is 3. The van der Waals surface area contributed by atoms with Gasteiger partial charge in [-0.25, -0.2) is 0 Å². The van der Waals surface area contributed by atoms with E-state index in [0.717, 1.165) is 25.6 Å². The van der Waals surface area contributed by atoms with Crippen molar-refractivity contribution < 1.29 is 9.59 Å². The Morgan fingerprint density at radius 1 is 0.880 bits per heavy atom. The van der Waals surface area contributed by atoms with Gasteiger partial charge in [0.25, 0.3) is 0 Å². The van der Waals surface area contributed by atoms with Crippen molar-refractivity contribution in [2.45, 2.75) is 6.42 Å². The van der Waals surface area contributed by atoms with E-state index >= 15 is 0 Å². The lowest BCUT2D eigenvalue weighted by Gasteiger charge is -2.09. The monoisotopic (exact) mass is 444 g/mol.